The Kier molecular flexibility index (Phi) is 5.18. The van der Waals surface area contributed by atoms with Gasteiger partial charge in [0.05, 0.1) is 23.5 Å². The van der Waals surface area contributed by atoms with Gasteiger partial charge in [-0.05, 0) is 51.1 Å². The average Bonchev–Trinajstić information content (AvgIpc) is 3.03. The molecule has 2 aromatic carbocycles. The Balaban J connectivity index is 1.66. The van der Waals surface area contributed by atoms with E-state index in [2.05, 4.69) is 10.5 Å². The number of rotatable bonds is 4. The minimum absolute atomic E-state index is 0.213. The molecule has 4 rings (SSSR count). The number of aromatic nitrogens is 1. The van der Waals surface area contributed by atoms with Crippen molar-refractivity contribution in [1.82, 2.24) is 5.16 Å². The van der Waals surface area contributed by atoms with Gasteiger partial charge in [0.25, 0.3) is 11.8 Å². The van der Waals surface area contributed by atoms with Crippen LogP contribution in [-0.4, -0.2) is 23.1 Å². The van der Waals surface area contributed by atoms with Crippen molar-refractivity contribution in [1.29, 1.82) is 0 Å². The maximum Gasteiger partial charge on any atom is 0.268 e. The lowest BCUT2D eigenvalue weighted by Crippen LogP contribution is -2.44. The minimum Gasteiger partial charge on any atom is -0.479 e. The van der Waals surface area contributed by atoms with Gasteiger partial charge in [0.15, 0.2) is 6.10 Å². The van der Waals surface area contributed by atoms with Gasteiger partial charge in [0, 0.05) is 17.3 Å². The minimum atomic E-state index is -0.970. The highest BCUT2D eigenvalue weighted by atomic mass is 19.1. The van der Waals surface area contributed by atoms with Crippen molar-refractivity contribution in [2.45, 2.75) is 33.4 Å². The predicted molar refractivity (Wildman–Crippen MR) is 108 cm³/mol. The zero-order valence-corrected chi connectivity index (χ0v) is 17.0. The molecule has 0 saturated carbocycles. The van der Waals surface area contributed by atoms with Crippen LogP contribution in [0, 0.1) is 25.5 Å². The molecule has 31 heavy (non-hydrogen) atoms. The molecule has 1 aliphatic heterocycles. The monoisotopic (exact) mass is 427 g/mol. The molecular weight excluding hydrogens is 408 g/mol. The Hall–Kier alpha value is -3.75. The van der Waals surface area contributed by atoms with Crippen molar-refractivity contribution < 1.29 is 27.6 Å². The van der Waals surface area contributed by atoms with Crippen LogP contribution < -0.4 is 15.0 Å². The standard InChI is InChI=1S/C22H19F2N3O4/c1-11-17(12(2)31-26-11)10-27-19-9-15(5-7-20(19)30-13(3)22(27)29)25-21(28)16-6-4-14(23)8-18(16)24/h4-9,13H,10H2,1-3H3,(H,25,28). The molecule has 0 aliphatic carbocycles. The van der Waals surface area contributed by atoms with E-state index in [1.54, 1.807) is 39.0 Å². The van der Waals surface area contributed by atoms with Crippen molar-refractivity contribution in [2.75, 3.05) is 10.2 Å². The summed E-state index contributed by atoms with van der Waals surface area (Å²) in [5, 5.41) is 6.49. The van der Waals surface area contributed by atoms with E-state index in [-0.39, 0.29) is 18.0 Å². The van der Waals surface area contributed by atoms with Crippen molar-refractivity contribution in [3.63, 3.8) is 0 Å². The summed E-state index contributed by atoms with van der Waals surface area (Å²) in [6.45, 7) is 5.41. The maximum atomic E-state index is 13.9. The topological polar surface area (TPSA) is 84.7 Å². The molecular formula is C22H19F2N3O4. The van der Waals surface area contributed by atoms with Crippen LogP contribution in [0.4, 0.5) is 20.2 Å². The number of amides is 2. The van der Waals surface area contributed by atoms with Crippen LogP contribution >= 0.6 is 0 Å². The van der Waals surface area contributed by atoms with Gasteiger partial charge in [-0.2, -0.15) is 0 Å². The number of nitrogens with one attached hydrogen (secondary N) is 1. The number of carbonyl (C=O) groups is 2. The van der Waals surface area contributed by atoms with Gasteiger partial charge in [-0.25, -0.2) is 8.78 Å². The molecule has 3 aromatic rings. The first-order valence-electron chi connectivity index (χ1n) is 9.55. The molecule has 1 aliphatic rings. The summed E-state index contributed by atoms with van der Waals surface area (Å²) in [7, 11) is 0. The summed E-state index contributed by atoms with van der Waals surface area (Å²) < 4.78 is 37.9. The van der Waals surface area contributed by atoms with Gasteiger partial charge in [-0.3, -0.25) is 9.59 Å². The Morgan fingerprint density at radius 3 is 2.65 bits per heavy atom. The van der Waals surface area contributed by atoms with Gasteiger partial charge in [0.2, 0.25) is 0 Å². The SMILES string of the molecule is Cc1noc(C)c1CN1C(=O)C(C)Oc2ccc(NC(=O)c3ccc(F)cc3F)cc21. The van der Waals surface area contributed by atoms with E-state index < -0.39 is 23.6 Å². The lowest BCUT2D eigenvalue weighted by Gasteiger charge is -2.33. The number of fused-ring (bicyclic) bond motifs is 1. The van der Waals surface area contributed by atoms with Crippen LogP contribution in [0.2, 0.25) is 0 Å². The second kappa shape index (κ2) is 7.82. The Labute approximate surface area is 176 Å². The summed E-state index contributed by atoms with van der Waals surface area (Å²) >= 11 is 0. The lowest BCUT2D eigenvalue weighted by molar-refractivity contribution is -0.125. The summed E-state index contributed by atoms with van der Waals surface area (Å²) in [4.78, 5) is 26.8. The van der Waals surface area contributed by atoms with Gasteiger partial charge in [0.1, 0.15) is 23.1 Å². The van der Waals surface area contributed by atoms with E-state index in [1.165, 1.54) is 4.90 Å². The molecule has 1 N–H and O–H groups in total. The number of nitrogens with zero attached hydrogens (tertiary/aromatic N) is 2. The highest BCUT2D eigenvalue weighted by Gasteiger charge is 2.33. The van der Waals surface area contributed by atoms with Crippen LogP contribution in [0.15, 0.2) is 40.9 Å². The molecule has 1 unspecified atom stereocenters. The van der Waals surface area contributed by atoms with Crippen LogP contribution in [-0.2, 0) is 11.3 Å². The van der Waals surface area contributed by atoms with E-state index in [4.69, 9.17) is 9.26 Å². The summed E-state index contributed by atoms with van der Waals surface area (Å²) in [6, 6.07) is 7.47. The molecule has 2 heterocycles. The van der Waals surface area contributed by atoms with Crippen molar-refractivity contribution in [3.8, 4) is 5.75 Å². The lowest BCUT2D eigenvalue weighted by atomic mass is 10.1. The molecule has 2 amide bonds. The van der Waals surface area contributed by atoms with Crippen LogP contribution in [0.3, 0.4) is 0 Å². The van der Waals surface area contributed by atoms with E-state index >= 15 is 0 Å². The van der Waals surface area contributed by atoms with E-state index in [0.29, 0.717) is 34.6 Å². The Morgan fingerprint density at radius 1 is 1.19 bits per heavy atom. The van der Waals surface area contributed by atoms with Crippen molar-refractivity contribution >= 4 is 23.2 Å². The molecule has 0 saturated heterocycles. The normalized spacial score (nSPS) is 15.5. The fourth-order valence-electron chi connectivity index (χ4n) is 3.41. The first-order chi connectivity index (χ1) is 14.7. The predicted octanol–water partition coefficient (Wildman–Crippen LogP) is 4.14. The molecule has 160 valence electrons. The third kappa shape index (κ3) is 3.86. The summed E-state index contributed by atoms with van der Waals surface area (Å²) in [5.74, 6) is -1.69. The fourth-order valence-corrected chi connectivity index (χ4v) is 3.41. The number of hydrogen-bond donors (Lipinski definition) is 1. The second-order valence-corrected chi connectivity index (χ2v) is 7.25. The Bertz CT molecular complexity index is 1170. The molecule has 0 spiro atoms. The summed E-state index contributed by atoms with van der Waals surface area (Å²) in [6.07, 6.45) is -0.693. The zero-order chi connectivity index (χ0) is 22.3. The first kappa shape index (κ1) is 20.5. The molecule has 0 radical (unpaired) electrons. The molecule has 0 fully saturated rings. The number of halogens is 2. The van der Waals surface area contributed by atoms with E-state index in [0.717, 1.165) is 17.7 Å². The van der Waals surface area contributed by atoms with Crippen LogP contribution in [0.25, 0.3) is 0 Å². The fraction of sp³-hybridized carbons (Fsp3) is 0.227. The zero-order valence-electron chi connectivity index (χ0n) is 17.0. The molecule has 1 aromatic heterocycles. The van der Waals surface area contributed by atoms with Crippen molar-refractivity contribution in [2.24, 2.45) is 0 Å². The molecule has 0 bridgehead atoms. The van der Waals surface area contributed by atoms with Gasteiger partial charge in [-0.1, -0.05) is 5.16 Å². The maximum absolute atomic E-state index is 13.9. The highest BCUT2D eigenvalue weighted by Crippen LogP contribution is 2.38. The van der Waals surface area contributed by atoms with Gasteiger partial charge < -0.3 is 19.5 Å². The largest absolute Gasteiger partial charge is 0.479 e. The number of benzene rings is 2. The van der Waals surface area contributed by atoms with Crippen LogP contribution in [0.5, 0.6) is 5.75 Å². The van der Waals surface area contributed by atoms with Crippen LogP contribution in [0.1, 0.15) is 34.3 Å². The molecule has 9 heteroatoms. The molecule has 1 atom stereocenters. The smallest absolute Gasteiger partial charge is 0.268 e. The quantitative estimate of drug-likeness (QED) is 0.677. The average molecular weight is 427 g/mol. The third-order valence-electron chi connectivity index (χ3n) is 5.10. The number of anilines is 2. The van der Waals surface area contributed by atoms with Crippen molar-refractivity contribution in [3.05, 3.63) is 70.6 Å². The number of aryl methyl sites for hydroxylation is 2. The first-order valence-corrected chi connectivity index (χ1v) is 9.55. The Morgan fingerprint density at radius 2 is 1.97 bits per heavy atom. The van der Waals surface area contributed by atoms with E-state index in [9.17, 15) is 18.4 Å². The number of ether oxygens (including phenoxy) is 1. The van der Waals surface area contributed by atoms with Gasteiger partial charge in [-0.15, -0.1) is 0 Å². The molecule has 7 nitrogen and oxygen atoms in total. The van der Waals surface area contributed by atoms with Gasteiger partial charge >= 0.3 is 0 Å². The third-order valence-corrected chi connectivity index (χ3v) is 5.10. The summed E-state index contributed by atoms with van der Waals surface area (Å²) in [5.41, 5.74) is 1.91. The number of hydrogen-bond acceptors (Lipinski definition) is 5. The number of carbonyl (C=O) groups excluding carboxylic acids is 2. The second-order valence-electron chi connectivity index (χ2n) is 7.25. The highest BCUT2D eigenvalue weighted by molar-refractivity contribution is 6.06. The van der Waals surface area contributed by atoms with E-state index in [1.807, 2.05) is 0 Å².